The van der Waals surface area contributed by atoms with Gasteiger partial charge in [0, 0.05) is 87.6 Å². The fourth-order valence-corrected chi connectivity index (χ4v) is 11.3. The maximum Gasteiger partial charge on any atom is 0.480 e. The number of aryl methyl sites for hydroxylation is 6. The van der Waals surface area contributed by atoms with Gasteiger partial charge >= 0.3 is 25.1 Å². The molecule has 0 aliphatic rings. The van der Waals surface area contributed by atoms with Gasteiger partial charge in [0.05, 0.1) is 37.9 Å². The number of phosphoric ester groups is 1. The number of hydrogen-bond acceptors (Lipinski definition) is 25. The van der Waals surface area contributed by atoms with E-state index < -0.39 is 45.3 Å². The van der Waals surface area contributed by atoms with E-state index in [1.165, 1.54) is 0 Å². The van der Waals surface area contributed by atoms with Crippen LogP contribution >= 0.6 is 7.82 Å². The molecule has 0 radical (unpaired) electrons. The molecule has 0 fully saturated rings. The number of anilines is 12. The fourth-order valence-electron chi connectivity index (χ4n) is 10.3. The number of nitrogens with zero attached hydrogens (tertiary/aromatic N) is 9. The SMILES string of the molecule is COc1cc(Nc2ncc(C)c(Nc3ccc4oc(=O)n(COP(=O)(OCn5c(=O)oc6ccc(Nc7nc(Nc8cc(C)c(C)c(OC)c8)ncc7C)cc65)OCn5c(=O)oc6ccc(Nc7nc(Nc8cc(C)c(C)c(OC)c8)ncc7C)cc65)c4c3)n2)cc(C)c1C. The van der Waals surface area contributed by atoms with Gasteiger partial charge in [-0.1, -0.05) is 0 Å². The largest absolute Gasteiger partial charge is 0.496 e. The van der Waals surface area contributed by atoms with E-state index in [2.05, 4.69) is 46.9 Å². The third-order valence-corrected chi connectivity index (χ3v) is 17.3. The minimum Gasteiger partial charge on any atom is -0.496 e. The molecule has 0 aliphatic carbocycles. The fraction of sp³-hybridized carbons (Fsp3) is 0.227. The Morgan fingerprint density at radius 3 is 0.937 bits per heavy atom. The highest BCUT2D eigenvalue weighted by Crippen LogP contribution is 2.51. The molecular weight excluding hydrogens is 1240 g/mol. The van der Waals surface area contributed by atoms with Gasteiger partial charge in [-0.05, 0) is 168 Å². The van der Waals surface area contributed by atoms with E-state index in [1.54, 1.807) is 94.5 Å². The van der Waals surface area contributed by atoms with E-state index in [0.29, 0.717) is 86.3 Å². The number of fused-ring (bicyclic) bond motifs is 3. The molecule has 28 nitrogen and oxygen atoms in total. The summed E-state index contributed by atoms with van der Waals surface area (Å²) < 4.78 is 70.2. The standard InChI is InChI=1S/C66H66N15O13P/c1-34-19-46(25-55(86-10)40(34)7)73-61-67-28-37(4)58(76-61)70-43-13-16-52-49(22-43)79(64(82)92-52)31-89-95(85,90-32-80-50-23-44(14-17-53(50)93-65(80)83)71-59-38(5)29-68-62(77-59)74-47-20-35(2)41(8)56(26-47)87-11)91-33-81-51-24-45(15-18-54(51)94-66(81)84)72-60-39(6)30-69-63(78-60)75-48-21-36(3)42(9)57(27-48)88-12/h13-30H,31-33H2,1-12H3,(H2,67,70,73,76)(H2,68,71,74,77)(H2,69,72,75,78). The molecule has 0 unspecified atom stereocenters. The van der Waals surface area contributed by atoms with Gasteiger partial charge in [-0.25, -0.2) is 47.6 Å². The Kier molecular flexibility index (Phi) is 17.7. The van der Waals surface area contributed by atoms with E-state index in [1.807, 2.05) is 98.7 Å². The van der Waals surface area contributed by atoms with Crippen molar-refractivity contribution in [2.75, 3.05) is 53.2 Å². The van der Waals surface area contributed by atoms with Crippen LogP contribution in [0.15, 0.2) is 137 Å². The van der Waals surface area contributed by atoms with Crippen LogP contribution in [0.3, 0.4) is 0 Å². The zero-order valence-electron chi connectivity index (χ0n) is 53.8. The Bertz CT molecular complexity index is 4700. The zero-order chi connectivity index (χ0) is 67.0. The number of oxazole rings is 3. The first kappa shape index (κ1) is 63.8. The van der Waals surface area contributed by atoms with Crippen LogP contribution in [-0.4, -0.2) is 64.9 Å². The summed E-state index contributed by atoms with van der Waals surface area (Å²) in [7, 11) is -0.218. The summed E-state index contributed by atoms with van der Waals surface area (Å²) in [5, 5.41) is 19.6. The molecule has 29 heteroatoms. The lowest BCUT2D eigenvalue weighted by Crippen LogP contribution is -2.20. The number of ether oxygens (including phenoxy) is 3. The van der Waals surface area contributed by atoms with E-state index >= 15 is 4.57 Å². The molecular formula is C66H66N15O13P. The third kappa shape index (κ3) is 13.6. The number of phosphoric acid groups is 1. The Hall–Kier alpha value is -11.3. The molecule has 0 saturated heterocycles. The van der Waals surface area contributed by atoms with Gasteiger partial charge in [0.1, 0.15) is 54.9 Å². The zero-order valence-corrected chi connectivity index (χ0v) is 54.7. The summed E-state index contributed by atoms with van der Waals surface area (Å²) in [5.74, 6) is 1.63. The van der Waals surface area contributed by atoms with Gasteiger partial charge in [0.25, 0.3) is 0 Å². The van der Waals surface area contributed by atoms with E-state index in [0.717, 1.165) is 64.1 Å². The Balaban J connectivity index is 0.828. The second-order valence-corrected chi connectivity index (χ2v) is 24.1. The quantitative estimate of drug-likeness (QED) is 0.0306. The number of nitrogens with one attached hydrogen (secondary N) is 6. The van der Waals surface area contributed by atoms with Gasteiger partial charge in [0.15, 0.2) is 16.7 Å². The van der Waals surface area contributed by atoms with Crippen LogP contribution in [0.2, 0.25) is 0 Å². The highest BCUT2D eigenvalue weighted by Gasteiger charge is 2.31. The second-order valence-electron chi connectivity index (χ2n) is 22.4. The highest BCUT2D eigenvalue weighted by molar-refractivity contribution is 7.48. The van der Waals surface area contributed by atoms with E-state index in [9.17, 15) is 14.4 Å². The average Bonchev–Trinajstić information content (AvgIpc) is 1.70. The summed E-state index contributed by atoms with van der Waals surface area (Å²) in [6.07, 6.45) is 4.96. The molecule has 488 valence electrons. The molecule has 0 aliphatic heterocycles. The maximum atomic E-state index is 15.4. The molecule has 0 saturated carbocycles. The molecule has 0 atom stereocenters. The molecule has 0 spiro atoms. The van der Waals surface area contributed by atoms with Crippen molar-refractivity contribution in [1.29, 1.82) is 0 Å². The lowest BCUT2D eigenvalue weighted by molar-refractivity contribution is 0.0522. The smallest absolute Gasteiger partial charge is 0.480 e. The van der Waals surface area contributed by atoms with E-state index in [-0.39, 0.29) is 33.3 Å². The lowest BCUT2D eigenvalue weighted by Gasteiger charge is -2.18. The number of hydrogen-bond donors (Lipinski definition) is 6. The Morgan fingerprint density at radius 2 is 0.663 bits per heavy atom. The minimum absolute atomic E-state index is 0.145. The molecule has 12 rings (SSSR count). The predicted molar refractivity (Wildman–Crippen MR) is 360 cm³/mol. The average molecular weight is 1310 g/mol. The number of methoxy groups -OCH3 is 3. The molecule has 95 heavy (non-hydrogen) atoms. The van der Waals surface area contributed by atoms with Crippen LogP contribution < -0.4 is 63.4 Å². The maximum absolute atomic E-state index is 15.4. The topological polar surface area (TPSA) is 327 Å². The monoisotopic (exact) mass is 1310 g/mol. The van der Waals surface area contributed by atoms with Crippen molar-refractivity contribution in [3.8, 4) is 17.2 Å². The highest BCUT2D eigenvalue weighted by atomic mass is 31.2. The molecule has 6 heterocycles. The van der Waals surface area contributed by atoms with Crippen LogP contribution in [0, 0.1) is 62.3 Å². The van der Waals surface area contributed by atoms with Crippen molar-refractivity contribution >= 4 is 111 Å². The minimum atomic E-state index is -5.04. The summed E-state index contributed by atoms with van der Waals surface area (Å²) in [4.78, 5) is 68.9. The van der Waals surface area contributed by atoms with Crippen LogP contribution in [0.1, 0.15) is 50.1 Å². The van der Waals surface area contributed by atoms with Crippen LogP contribution in [0.4, 0.5) is 69.4 Å². The van der Waals surface area contributed by atoms with Gasteiger partial charge in [-0.15, -0.1) is 0 Å². The van der Waals surface area contributed by atoms with Gasteiger partial charge in [0.2, 0.25) is 17.8 Å². The predicted octanol–water partition coefficient (Wildman–Crippen LogP) is 13.5. The van der Waals surface area contributed by atoms with Gasteiger partial charge in [-0.3, -0.25) is 13.6 Å². The van der Waals surface area contributed by atoms with Gasteiger partial charge < -0.3 is 59.4 Å². The Labute approximate surface area is 541 Å². The molecule has 6 N–H and O–H groups in total. The molecule has 6 aromatic heterocycles. The summed E-state index contributed by atoms with van der Waals surface area (Å²) in [6, 6.07) is 26.0. The van der Waals surface area contributed by atoms with Crippen molar-refractivity contribution in [2.45, 2.75) is 82.5 Å². The van der Waals surface area contributed by atoms with Gasteiger partial charge in [-0.2, -0.15) is 15.0 Å². The Morgan fingerprint density at radius 1 is 0.379 bits per heavy atom. The third-order valence-electron chi connectivity index (χ3n) is 16.0. The normalized spacial score (nSPS) is 11.6. The summed E-state index contributed by atoms with van der Waals surface area (Å²) in [6.45, 7) is 15.0. The summed E-state index contributed by atoms with van der Waals surface area (Å²) in [5.41, 5.74) is 12.7. The van der Waals surface area contributed by atoms with Crippen LogP contribution in [0.25, 0.3) is 33.3 Å². The first-order chi connectivity index (χ1) is 45.6. The van der Waals surface area contributed by atoms with E-state index in [4.69, 9.17) is 56.0 Å². The lowest BCUT2D eigenvalue weighted by atomic mass is 10.1. The van der Waals surface area contributed by atoms with Crippen molar-refractivity contribution in [3.05, 3.63) is 191 Å². The molecule has 6 aromatic carbocycles. The number of benzene rings is 6. The van der Waals surface area contributed by atoms with Crippen LogP contribution in [0.5, 0.6) is 17.2 Å². The van der Waals surface area contributed by atoms with Crippen molar-refractivity contribution in [2.24, 2.45) is 0 Å². The first-order valence-corrected chi connectivity index (χ1v) is 31.1. The molecule has 0 bridgehead atoms. The molecule has 0 amide bonds. The van der Waals surface area contributed by atoms with Crippen molar-refractivity contribution < 1.29 is 45.6 Å². The summed E-state index contributed by atoms with van der Waals surface area (Å²) >= 11 is 0. The second kappa shape index (κ2) is 26.4. The number of aromatic nitrogens is 9. The molecule has 12 aromatic rings. The first-order valence-electron chi connectivity index (χ1n) is 29.6. The number of rotatable bonds is 24. The van der Waals surface area contributed by atoms with Crippen molar-refractivity contribution in [1.82, 2.24) is 43.6 Å². The van der Waals surface area contributed by atoms with Crippen LogP contribution in [-0.2, 0) is 38.3 Å². The van der Waals surface area contributed by atoms with Crippen molar-refractivity contribution in [3.63, 3.8) is 0 Å².